The van der Waals surface area contributed by atoms with E-state index in [4.69, 9.17) is 4.74 Å². The van der Waals surface area contributed by atoms with Gasteiger partial charge in [0.2, 0.25) is 0 Å². The zero-order chi connectivity index (χ0) is 11.3. The van der Waals surface area contributed by atoms with Crippen LogP contribution in [0.1, 0.15) is 33.1 Å². The average Bonchev–Trinajstić information content (AvgIpc) is 2.67. The Morgan fingerprint density at radius 1 is 1.40 bits per heavy atom. The zero-order valence-corrected chi connectivity index (χ0v) is 9.66. The highest BCUT2D eigenvalue weighted by Crippen LogP contribution is 2.27. The van der Waals surface area contributed by atoms with Crippen molar-refractivity contribution in [1.82, 2.24) is 4.90 Å². The maximum Gasteiger partial charge on any atom is 0.326 e. The van der Waals surface area contributed by atoms with Crippen molar-refractivity contribution in [2.24, 2.45) is 0 Å². The molecular weight excluding hydrogens is 194 g/mol. The van der Waals surface area contributed by atoms with Crippen molar-refractivity contribution in [3.8, 4) is 0 Å². The molecule has 1 aliphatic rings. The van der Waals surface area contributed by atoms with Crippen molar-refractivity contribution in [2.45, 2.75) is 38.6 Å². The summed E-state index contributed by atoms with van der Waals surface area (Å²) < 4.78 is 5.27. The van der Waals surface area contributed by atoms with Gasteiger partial charge in [0.15, 0.2) is 0 Å². The zero-order valence-electron chi connectivity index (χ0n) is 9.66. The van der Waals surface area contributed by atoms with E-state index in [1.54, 1.807) is 0 Å². The number of aliphatic carboxylic acids is 1. The molecule has 0 aromatic heterocycles. The first-order valence-electron chi connectivity index (χ1n) is 5.73. The molecule has 1 fully saturated rings. The summed E-state index contributed by atoms with van der Waals surface area (Å²) in [6.45, 7) is 6.73. The molecule has 1 rings (SSSR count). The van der Waals surface area contributed by atoms with E-state index in [1.807, 2.05) is 0 Å². The van der Waals surface area contributed by atoms with Gasteiger partial charge in [-0.15, -0.1) is 0 Å². The van der Waals surface area contributed by atoms with Gasteiger partial charge in [-0.1, -0.05) is 13.8 Å². The molecule has 0 aliphatic carbocycles. The van der Waals surface area contributed by atoms with E-state index in [0.717, 1.165) is 25.9 Å². The highest BCUT2D eigenvalue weighted by atomic mass is 16.5. The summed E-state index contributed by atoms with van der Waals surface area (Å²) in [5, 5.41) is 9.37. The molecule has 0 spiro atoms. The van der Waals surface area contributed by atoms with Gasteiger partial charge in [-0.2, -0.15) is 0 Å². The minimum atomic E-state index is -0.758. The number of hydrogen-bond acceptors (Lipinski definition) is 3. The lowest BCUT2D eigenvalue weighted by Crippen LogP contribution is -2.55. The topological polar surface area (TPSA) is 49.8 Å². The Morgan fingerprint density at radius 2 is 2.00 bits per heavy atom. The highest BCUT2D eigenvalue weighted by Gasteiger charge is 2.46. The molecule has 0 saturated carbocycles. The van der Waals surface area contributed by atoms with Crippen LogP contribution in [0, 0.1) is 0 Å². The Balaban J connectivity index is 2.78. The molecule has 0 radical (unpaired) electrons. The van der Waals surface area contributed by atoms with Crippen LogP contribution in [0.15, 0.2) is 0 Å². The second-order valence-corrected chi connectivity index (χ2v) is 4.13. The van der Waals surface area contributed by atoms with Crippen molar-refractivity contribution in [3.63, 3.8) is 0 Å². The summed E-state index contributed by atoms with van der Waals surface area (Å²) >= 11 is 0. The van der Waals surface area contributed by atoms with Crippen molar-refractivity contribution in [1.29, 1.82) is 0 Å². The molecule has 1 heterocycles. The molecule has 1 unspecified atom stereocenters. The first-order chi connectivity index (χ1) is 7.17. The number of hydrogen-bond donors (Lipinski definition) is 1. The van der Waals surface area contributed by atoms with Crippen LogP contribution < -0.4 is 0 Å². The molecule has 15 heavy (non-hydrogen) atoms. The summed E-state index contributed by atoms with van der Waals surface area (Å²) in [6.07, 6.45) is 2.58. The van der Waals surface area contributed by atoms with Crippen molar-refractivity contribution in [2.75, 3.05) is 26.3 Å². The number of carboxylic acid groups (broad SMARTS) is 1. The Hall–Kier alpha value is -0.610. The second-order valence-electron chi connectivity index (χ2n) is 4.13. The Bertz CT molecular complexity index is 206. The summed E-state index contributed by atoms with van der Waals surface area (Å²) in [5.41, 5.74) is -0.758. The second kappa shape index (κ2) is 5.47. The van der Waals surface area contributed by atoms with Crippen LogP contribution in [0.25, 0.3) is 0 Å². The molecule has 4 heteroatoms. The van der Waals surface area contributed by atoms with Gasteiger partial charge in [0, 0.05) is 13.0 Å². The van der Waals surface area contributed by atoms with E-state index < -0.39 is 11.5 Å². The fourth-order valence-corrected chi connectivity index (χ4v) is 2.19. The standard InChI is InChI=1S/C11H21NO3/c1-3-6-12(7-4-2)11(10(13)14)5-8-15-9-11/h3-9H2,1-2H3,(H,13,14). The third kappa shape index (κ3) is 2.49. The number of ether oxygens (including phenoxy) is 1. The lowest BCUT2D eigenvalue weighted by atomic mass is 9.95. The molecule has 0 aromatic carbocycles. The monoisotopic (exact) mass is 215 g/mol. The van der Waals surface area contributed by atoms with Gasteiger partial charge < -0.3 is 9.84 Å². The lowest BCUT2D eigenvalue weighted by molar-refractivity contribution is -0.151. The Labute approximate surface area is 91.2 Å². The predicted molar refractivity (Wildman–Crippen MR) is 58.0 cm³/mol. The Kier molecular flexibility index (Phi) is 4.54. The molecule has 0 bridgehead atoms. The van der Waals surface area contributed by atoms with Crippen molar-refractivity contribution < 1.29 is 14.6 Å². The Morgan fingerprint density at radius 3 is 2.33 bits per heavy atom. The summed E-state index contributed by atoms with van der Waals surface area (Å²) in [7, 11) is 0. The van der Waals surface area contributed by atoms with E-state index in [9.17, 15) is 9.90 Å². The van der Waals surface area contributed by atoms with Crippen LogP contribution in [-0.2, 0) is 9.53 Å². The van der Waals surface area contributed by atoms with E-state index in [2.05, 4.69) is 18.7 Å². The van der Waals surface area contributed by atoms with Crippen LogP contribution in [0.3, 0.4) is 0 Å². The highest BCUT2D eigenvalue weighted by molar-refractivity contribution is 5.79. The van der Waals surface area contributed by atoms with Crippen LogP contribution >= 0.6 is 0 Å². The molecular formula is C11H21NO3. The summed E-state index contributed by atoms with van der Waals surface area (Å²) in [4.78, 5) is 13.5. The molecule has 1 atom stereocenters. The molecule has 1 aliphatic heterocycles. The van der Waals surface area contributed by atoms with E-state index in [1.165, 1.54) is 0 Å². The van der Waals surface area contributed by atoms with E-state index >= 15 is 0 Å². The van der Waals surface area contributed by atoms with Crippen LogP contribution in [0.5, 0.6) is 0 Å². The molecule has 1 saturated heterocycles. The third-order valence-electron chi connectivity index (χ3n) is 2.99. The largest absolute Gasteiger partial charge is 0.480 e. The maximum absolute atomic E-state index is 11.4. The van der Waals surface area contributed by atoms with Crippen LogP contribution in [-0.4, -0.2) is 47.8 Å². The van der Waals surface area contributed by atoms with Crippen molar-refractivity contribution >= 4 is 5.97 Å². The van der Waals surface area contributed by atoms with Gasteiger partial charge in [-0.05, 0) is 25.9 Å². The number of rotatable bonds is 6. The number of carboxylic acids is 1. The molecule has 0 aromatic rings. The van der Waals surface area contributed by atoms with Gasteiger partial charge >= 0.3 is 5.97 Å². The van der Waals surface area contributed by atoms with E-state index in [0.29, 0.717) is 19.6 Å². The SMILES string of the molecule is CCCN(CCC)C1(C(=O)O)CCOC1. The van der Waals surface area contributed by atoms with Crippen LogP contribution in [0.4, 0.5) is 0 Å². The molecule has 88 valence electrons. The minimum absolute atomic E-state index is 0.336. The predicted octanol–water partition coefficient (Wildman–Crippen LogP) is 1.35. The molecule has 4 nitrogen and oxygen atoms in total. The number of nitrogens with zero attached hydrogens (tertiary/aromatic N) is 1. The van der Waals surface area contributed by atoms with Crippen molar-refractivity contribution in [3.05, 3.63) is 0 Å². The molecule has 0 amide bonds. The minimum Gasteiger partial charge on any atom is -0.480 e. The first kappa shape index (κ1) is 12.5. The number of carbonyl (C=O) groups is 1. The average molecular weight is 215 g/mol. The first-order valence-corrected chi connectivity index (χ1v) is 5.73. The third-order valence-corrected chi connectivity index (χ3v) is 2.99. The van der Waals surface area contributed by atoms with Gasteiger partial charge in [-0.25, -0.2) is 0 Å². The smallest absolute Gasteiger partial charge is 0.326 e. The summed E-state index contributed by atoms with van der Waals surface area (Å²) in [5.74, 6) is -0.734. The fraction of sp³-hybridized carbons (Fsp3) is 0.909. The van der Waals surface area contributed by atoms with E-state index in [-0.39, 0.29) is 0 Å². The summed E-state index contributed by atoms with van der Waals surface area (Å²) in [6, 6.07) is 0. The maximum atomic E-state index is 11.4. The van der Waals surface area contributed by atoms with Gasteiger partial charge in [0.25, 0.3) is 0 Å². The lowest BCUT2D eigenvalue weighted by Gasteiger charge is -2.36. The van der Waals surface area contributed by atoms with Gasteiger partial charge in [-0.3, -0.25) is 9.69 Å². The normalized spacial score (nSPS) is 26.1. The van der Waals surface area contributed by atoms with Crippen LogP contribution in [0.2, 0.25) is 0 Å². The molecule has 1 N–H and O–H groups in total. The van der Waals surface area contributed by atoms with Gasteiger partial charge in [0.1, 0.15) is 5.54 Å². The fourth-order valence-electron chi connectivity index (χ4n) is 2.19. The quantitative estimate of drug-likeness (QED) is 0.726. The van der Waals surface area contributed by atoms with Gasteiger partial charge in [0.05, 0.1) is 6.61 Å².